The molecule has 0 bridgehead atoms. The average Bonchev–Trinajstić information content (AvgIpc) is 2.18. The minimum atomic E-state index is 0.165. The monoisotopic (exact) mass is 125 g/mol. The first kappa shape index (κ1) is 6.13. The molecule has 1 heterocycles. The van der Waals surface area contributed by atoms with Crippen LogP contribution in [0.4, 0.5) is 0 Å². The summed E-state index contributed by atoms with van der Waals surface area (Å²) >= 11 is 0. The Bertz CT molecular complexity index is 183. The summed E-state index contributed by atoms with van der Waals surface area (Å²) in [5.41, 5.74) is 0.838. The van der Waals surface area contributed by atoms with Crippen LogP contribution in [-0.2, 0) is 6.42 Å². The molecule has 0 aliphatic carbocycles. The molecule has 3 heteroatoms. The number of aromatic nitrogens is 2. The molecule has 9 heavy (non-hydrogen) atoms. The maximum Gasteiger partial charge on any atom is 0.209 e. The lowest BCUT2D eigenvalue weighted by Crippen LogP contribution is -1.77. The van der Waals surface area contributed by atoms with E-state index in [0.717, 1.165) is 18.4 Å². The lowest BCUT2D eigenvalue weighted by molar-refractivity contribution is 0.446. The van der Waals surface area contributed by atoms with Gasteiger partial charge in [0.15, 0.2) is 0 Å². The van der Waals surface area contributed by atoms with Crippen LogP contribution in [0.3, 0.4) is 0 Å². The van der Waals surface area contributed by atoms with Crippen LogP contribution in [0.2, 0.25) is 0 Å². The van der Waals surface area contributed by atoms with Crippen LogP contribution in [0.25, 0.3) is 0 Å². The molecule has 0 spiro atoms. The minimum Gasteiger partial charge on any atom is -0.493 e. The lowest BCUT2D eigenvalue weighted by atomic mass is 10.2. The molecule has 1 aromatic heterocycles. The Labute approximate surface area is 53.7 Å². The minimum absolute atomic E-state index is 0.165. The molecular weight excluding hydrogens is 116 g/mol. The smallest absolute Gasteiger partial charge is 0.209 e. The fraction of sp³-hybridized carbons (Fsp3) is 0.333. The van der Waals surface area contributed by atoms with Crippen LogP contribution >= 0.6 is 0 Å². The van der Waals surface area contributed by atoms with Crippen LogP contribution in [0.15, 0.2) is 6.20 Å². The Hall–Kier alpha value is -0.990. The highest BCUT2D eigenvalue weighted by atomic mass is 16.3. The number of hydrogen-bond donors (Lipinski definition) is 2. The van der Waals surface area contributed by atoms with Gasteiger partial charge in [-0.15, -0.1) is 0 Å². The first-order valence-corrected chi connectivity index (χ1v) is 2.85. The normalized spacial score (nSPS) is 9.89. The molecule has 0 saturated carbocycles. The van der Waals surface area contributed by atoms with Gasteiger partial charge in [-0.3, -0.25) is 0 Å². The van der Waals surface area contributed by atoms with Gasteiger partial charge in [0.2, 0.25) is 5.88 Å². The molecule has 0 aliphatic rings. The van der Waals surface area contributed by atoms with E-state index < -0.39 is 0 Å². The van der Waals surface area contributed by atoms with Crippen LogP contribution in [-0.4, -0.2) is 15.3 Å². The molecule has 3 nitrogen and oxygen atoms in total. The highest BCUT2D eigenvalue weighted by molar-refractivity contribution is 5.20. The molecule has 1 aromatic rings. The van der Waals surface area contributed by atoms with Gasteiger partial charge in [0.1, 0.15) is 0 Å². The van der Waals surface area contributed by atoms with Crippen molar-refractivity contribution in [3.05, 3.63) is 18.7 Å². The number of hydrogen-bond acceptors (Lipinski definition) is 2. The highest BCUT2D eigenvalue weighted by Crippen LogP contribution is 2.12. The maximum atomic E-state index is 8.94. The number of H-pyrrole nitrogens is 1. The van der Waals surface area contributed by atoms with E-state index in [1.807, 2.05) is 0 Å². The summed E-state index contributed by atoms with van der Waals surface area (Å²) in [4.78, 5) is 0. The van der Waals surface area contributed by atoms with Crippen LogP contribution < -0.4 is 0 Å². The Morgan fingerprint density at radius 2 is 2.56 bits per heavy atom. The number of aryl methyl sites for hydroxylation is 1. The molecule has 1 rings (SSSR count). The SMILES string of the molecule is [CH2]CCc1cn[nH]c1O. The van der Waals surface area contributed by atoms with Gasteiger partial charge in [0.05, 0.1) is 6.20 Å². The summed E-state index contributed by atoms with van der Waals surface area (Å²) in [5.74, 6) is 0.165. The molecule has 0 amide bonds. The summed E-state index contributed by atoms with van der Waals surface area (Å²) in [5, 5.41) is 15.0. The van der Waals surface area contributed by atoms with E-state index in [1.54, 1.807) is 6.20 Å². The van der Waals surface area contributed by atoms with Crippen molar-refractivity contribution in [1.29, 1.82) is 0 Å². The number of rotatable bonds is 2. The summed E-state index contributed by atoms with van der Waals surface area (Å²) in [6, 6.07) is 0. The van der Waals surface area contributed by atoms with Crippen molar-refractivity contribution in [2.45, 2.75) is 12.8 Å². The molecular formula is C6H9N2O. The maximum absolute atomic E-state index is 8.94. The molecule has 0 aromatic carbocycles. The molecule has 0 saturated heterocycles. The zero-order valence-corrected chi connectivity index (χ0v) is 5.09. The predicted molar refractivity (Wildman–Crippen MR) is 33.9 cm³/mol. The van der Waals surface area contributed by atoms with E-state index in [9.17, 15) is 0 Å². The molecule has 2 N–H and O–H groups in total. The van der Waals surface area contributed by atoms with Gasteiger partial charge >= 0.3 is 0 Å². The third-order valence-electron chi connectivity index (χ3n) is 1.14. The van der Waals surface area contributed by atoms with Crippen molar-refractivity contribution in [3.63, 3.8) is 0 Å². The lowest BCUT2D eigenvalue weighted by Gasteiger charge is -1.89. The Morgan fingerprint density at radius 3 is 3.00 bits per heavy atom. The third-order valence-corrected chi connectivity index (χ3v) is 1.14. The highest BCUT2D eigenvalue weighted by Gasteiger charge is 1.98. The van der Waals surface area contributed by atoms with E-state index in [0.29, 0.717) is 0 Å². The van der Waals surface area contributed by atoms with Crippen LogP contribution in [0, 0.1) is 6.92 Å². The van der Waals surface area contributed by atoms with Gasteiger partial charge in [-0.05, 0) is 12.8 Å². The Balaban J connectivity index is 2.69. The number of aromatic hydroxyl groups is 1. The van der Waals surface area contributed by atoms with Crippen molar-refractivity contribution < 1.29 is 5.11 Å². The van der Waals surface area contributed by atoms with E-state index >= 15 is 0 Å². The summed E-state index contributed by atoms with van der Waals surface area (Å²) in [7, 11) is 0. The largest absolute Gasteiger partial charge is 0.493 e. The number of nitrogens with zero attached hydrogens (tertiary/aromatic N) is 1. The fourth-order valence-electron chi connectivity index (χ4n) is 0.678. The molecule has 1 radical (unpaired) electrons. The van der Waals surface area contributed by atoms with E-state index in [1.165, 1.54) is 0 Å². The second-order valence-corrected chi connectivity index (χ2v) is 1.85. The quantitative estimate of drug-likeness (QED) is 0.616. The van der Waals surface area contributed by atoms with E-state index in [-0.39, 0.29) is 5.88 Å². The van der Waals surface area contributed by atoms with Crippen molar-refractivity contribution in [1.82, 2.24) is 10.2 Å². The predicted octanol–water partition coefficient (Wildman–Crippen LogP) is 0.882. The van der Waals surface area contributed by atoms with Crippen molar-refractivity contribution in [2.24, 2.45) is 0 Å². The first-order valence-electron chi connectivity index (χ1n) is 2.85. The van der Waals surface area contributed by atoms with Gasteiger partial charge in [-0.2, -0.15) is 5.10 Å². The average molecular weight is 125 g/mol. The van der Waals surface area contributed by atoms with E-state index in [2.05, 4.69) is 17.1 Å². The molecule has 49 valence electrons. The number of aromatic amines is 1. The second-order valence-electron chi connectivity index (χ2n) is 1.85. The standard InChI is InChI=1S/C6H9N2O/c1-2-3-5-4-7-8-6(5)9/h4H,1-3H2,(H2,7,8,9). The number of nitrogens with one attached hydrogen (secondary N) is 1. The second kappa shape index (κ2) is 2.53. The zero-order valence-electron chi connectivity index (χ0n) is 5.09. The molecule has 0 unspecified atom stereocenters. The summed E-state index contributed by atoms with van der Waals surface area (Å²) in [6.07, 6.45) is 3.18. The van der Waals surface area contributed by atoms with Gasteiger partial charge in [-0.25, -0.2) is 5.10 Å². The Morgan fingerprint density at radius 1 is 1.78 bits per heavy atom. The van der Waals surface area contributed by atoms with Crippen molar-refractivity contribution >= 4 is 0 Å². The van der Waals surface area contributed by atoms with Gasteiger partial charge < -0.3 is 5.11 Å². The van der Waals surface area contributed by atoms with Crippen molar-refractivity contribution in [2.75, 3.05) is 0 Å². The Kier molecular flexibility index (Phi) is 1.72. The first-order chi connectivity index (χ1) is 4.34. The van der Waals surface area contributed by atoms with E-state index in [4.69, 9.17) is 5.11 Å². The van der Waals surface area contributed by atoms with Crippen molar-refractivity contribution in [3.8, 4) is 5.88 Å². The molecule has 0 fully saturated rings. The fourth-order valence-corrected chi connectivity index (χ4v) is 0.678. The molecule has 0 aliphatic heterocycles. The van der Waals surface area contributed by atoms with Gasteiger partial charge in [-0.1, -0.05) is 6.92 Å². The van der Waals surface area contributed by atoms with Gasteiger partial charge in [0, 0.05) is 5.56 Å². The molecule has 0 atom stereocenters. The van der Waals surface area contributed by atoms with Crippen LogP contribution in [0.5, 0.6) is 5.88 Å². The summed E-state index contributed by atoms with van der Waals surface area (Å²) < 4.78 is 0. The third kappa shape index (κ3) is 1.22. The topological polar surface area (TPSA) is 48.9 Å². The summed E-state index contributed by atoms with van der Waals surface area (Å²) in [6.45, 7) is 3.65. The van der Waals surface area contributed by atoms with Gasteiger partial charge in [0.25, 0.3) is 0 Å². The zero-order chi connectivity index (χ0) is 6.69. The van der Waals surface area contributed by atoms with Crippen LogP contribution in [0.1, 0.15) is 12.0 Å².